The van der Waals surface area contributed by atoms with E-state index in [0.717, 1.165) is 5.56 Å². The van der Waals surface area contributed by atoms with Gasteiger partial charge in [-0.1, -0.05) is 12.1 Å². The van der Waals surface area contributed by atoms with Crippen LogP contribution in [0.1, 0.15) is 11.1 Å². The van der Waals surface area contributed by atoms with Gasteiger partial charge in [-0.25, -0.2) is 4.79 Å². The van der Waals surface area contributed by atoms with Crippen LogP contribution in [-0.4, -0.2) is 22.8 Å². The van der Waals surface area contributed by atoms with Crippen LogP contribution in [0.15, 0.2) is 59.2 Å². The minimum Gasteiger partial charge on any atom is -0.508 e. The Bertz CT molecular complexity index is 874. The molecule has 2 aromatic carbocycles. The highest BCUT2D eigenvalue weighted by molar-refractivity contribution is 5.90. The maximum absolute atomic E-state index is 11.7. The summed E-state index contributed by atoms with van der Waals surface area (Å²) in [5.41, 5.74) is 2.17. The van der Waals surface area contributed by atoms with Gasteiger partial charge >= 0.3 is 5.97 Å². The smallest absolute Gasteiger partial charge is 0.330 e. The Morgan fingerprint density at radius 3 is 2.71 bits per heavy atom. The summed E-state index contributed by atoms with van der Waals surface area (Å²) in [4.78, 5) is 11.7. The monoisotopic (exact) mass is 324 g/mol. The van der Waals surface area contributed by atoms with Crippen LogP contribution in [0.4, 0.5) is 0 Å². The molecule has 1 heterocycles. The van der Waals surface area contributed by atoms with Crippen molar-refractivity contribution >= 4 is 23.0 Å². The first-order valence-corrected chi connectivity index (χ1v) is 7.45. The number of aromatic hydroxyl groups is 2. The molecule has 1 aromatic heterocycles. The minimum absolute atomic E-state index is 0.0987. The maximum Gasteiger partial charge on any atom is 0.330 e. The molecule has 0 radical (unpaired) electrons. The van der Waals surface area contributed by atoms with Crippen molar-refractivity contribution in [1.82, 2.24) is 0 Å². The number of fused-ring (bicyclic) bond motifs is 1. The van der Waals surface area contributed by atoms with Crippen molar-refractivity contribution in [1.29, 1.82) is 0 Å². The van der Waals surface area contributed by atoms with Crippen LogP contribution < -0.4 is 0 Å². The fraction of sp³-hybridized carbons (Fsp3) is 0.105. The van der Waals surface area contributed by atoms with Crippen LogP contribution in [0.3, 0.4) is 0 Å². The van der Waals surface area contributed by atoms with Crippen molar-refractivity contribution in [2.24, 2.45) is 0 Å². The van der Waals surface area contributed by atoms with E-state index in [1.54, 1.807) is 48.5 Å². The molecule has 5 heteroatoms. The normalized spacial score (nSPS) is 11.2. The van der Waals surface area contributed by atoms with Gasteiger partial charge in [-0.2, -0.15) is 0 Å². The van der Waals surface area contributed by atoms with Gasteiger partial charge in [0.1, 0.15) is 17.1 Å². The van der Waals surface area contributed by atoms with Crippen LogP contribution in [0.2, 0.25) is 0 Å². The summed E-state index contributed by atoms with van der Waals surface area (Å²) in [6, 6.07) is 11.7. The fourth-order valence-electron chi connectivity index (χ4n) is 2.31. The van der Waals surface area contributed by atoms with E-state index in [2.05, 4.69) is 0 Å². The molecule has 0 aliphatic heterocycles. The summed E-state index contributed by atoms with van der Waals surface area (Å²) in [5.74, 6) is -0.162. The third kappa shape index (κ3) is 3.76. The van der Waals surface area contributed by atoms with Crippen LogP contribution in [0.25, 0.3) is 17.0 Å². The highest BCUT2D eigenvalue weighted by atomic mass is 16.5. The summed E-state index contributed by atoms with van der Waals surface area (Å²) in [7, 11) is 0. The number of esters is 1. The van der Waals surface area contributed by atoms with Crippen molar-refractivity contribution in [2.45, 2.75) is 6.42 Å². The Labute approximate surface area is 138 Å². The van der Waals surface area contributed by atoms with Crippen LogP contribution >= 0.6 is 0 Å². The molecule has 0 unspecified atom stereocenters. The van der Waals surface area contributed by atoms with Gasteiger partial charge in [0.2, 0.25) is 0 Å². The number of carbonyl (C=O) groups is 1. The summed E-state index contributed by atoms with van der Waals surface area (Å²) >= 11 is 0. The second-order valence-electron chi connectivity index (χ2n) is 5.29. The number of benzene rings is 2. The number of rotatable bonds is 5. The Morgan fingerprint density at radius 1 is 1.12 bits per heavy atom. The molecular formula is C19H16O5. The molecule has 0 fully saturated rings. The quantitative estimate of drug-likeness (QED) is 0.553. The molecule has 0 atom stereocenters. The second kappa shape index (κ2) is 6.91. The Morgan fingerprint density at radius 2 is 1.92 bits per heavy atom. The Balaban J connectivity index is 1.55. The molecule has 122 valence electrons. The molecule has 0 amide bonds. The first-order chi connectivity index (χ1) is 11.6. The number of hydrogen-bond acceptors (Lipinski definition) is 5. The van der Waals surface area contributed by atoms with Crippen LogP contribution in [-0.2, 0) is 16.0 Å². The fourth-order valence-corrected chi connectivity index (χ4v) is 2.31. The van der Waals surface area contributed by atoms with Crippen molar-refractivity contribution < 1.29 is 24.2 Å². The largest absolute Gasteiger partial charge is 0.508 e. The van der Waals surface area contributed by atoms with E-state index >= 15 is 0 Å². The van der Waals surface area contributed by atoms with Crippen molar-refractivity contribution in [2.75, 3.05) is 6.61 Å². The van der Waals surface area contributed by atoms with Gasteiger partial charge in [0.05, 0.1) is 18.3 Å². The number of carbonyl (C=O) groups excluding carboxylic acids is 1. The Kier molecular flexibility index (Phi) is 4.52. The van der Waals surface area contributed by atoms with E-state index < -0.39 is 5.97 Å². The molecule has 0 saturated carbocycles. The molecule has 3 rings (SSSR count). The van der Waals surface area contributed by atoms with Gasteiger partial charge in [-0.05, 0) is 47.5 Å². The maximum atomic E-state index is 11.7. The van der Waals surface area contributed by atoms with Gasteiger partial charge in [0.25, 0.3) is 0 Å². The zero-order valence-electron chi connectivity index (χ0n) is 12.8. The lowest BCUT2D eigenvalue weighted by Crippen LogP contribution is -2.04. The standard InChI is InChI=1S/C19H16O5/c20-15-4-1-13(2-5-15)7-9-24-19(22)6-3-14-11-17(21)16-8-10-23-18(16)12-14/h1-6,8,10-12,20-21H,7,9H2/b6-3+. The van der Waals surface area contributed by atoms with E-state index in [9.17, 15) is 15.0 Å². The van der Waals surface area contributed by atoms with Gasteiger partial charge in [0.15, 0.2) is 0 Å². The summed E-state index contributed by atoms with van der Waals surface area (Å²) < 4.78 is 10.4. The first-order valence-electron chi connectivity index (χ1n) is 7.45. The highest BCUT2D eigenvalue weighted by Crippen LogP contribution is 2.27. The lowest BCUT2D eigenvalue weighted by atomic mass is 10.1. The van der Waals surface area contributed by atoms with Gasteiger partial charge < -0.3 is 19.4 Å². The highest BCUT2D eigenvalue weighted by Gasteiger charge is 2.05. The third-order valence-electron chi connectivity index (χ3n) is 3.56. The van der Waals surface area contributed by atoms with Crippen LogP contribution in [0, 0.1) is 0 Å². The van der Waals surface area contributed by atoms with Crippen molar-refractivity contribution in [3.8, 4) is 11.5 Å². The molecule has 0 spiro atoms. The van der Waals surface area contributed by atoms with E-state index in [1.807, 2.05) is 0 Å². The van der Waals surface area contributed by atoms with Gasteiger partial charge in [-0.15, -0.1) is 0 Å². The summed E-state index contributed by atoms with van der Waals surface area (Å²) in [5, 5.41) is 19.7. The summed E-state index contributed by atoms with van der Waals surface area (Å²) in [6.45, 7) is 0.246. The van der Waals surface area contributed by atoms with E-state index in [0.29, 0.717) is 23.0 Å². The molecule has 0 aliphatic carbocycles. The average Bonchev–Trinajstić information content (AvgIpc) is 3.04. The molecule has 5 nitrogen and oxygen atoms in total. The van der Waals surface area contributed by atoms with Gasteiger partial charge in [0, 0.05) is 12.5 Å². The number of phenols is 2. The topological polar surface area (TPSA) is 79.9 Å². The predicted octanol–water partition coefficient (Wildman–Crippen LogP) is 3.64. The summed E-state index contributed by atoms with van der Waals surface area (Å²) in [6.07, 6.45) is 4.93. The zero-order chi connectivity index (χ0) is 16.9. The van der Waals surface area contributed by atoms with Gasteiger partial charge in [-0.3, -0.25) is 0 Å². The molecule has 2 N–H and O–H groups in total. The van der Waals surface area contributed by atoms with Crippen LogP contribution in [0.5, 0.6) is 11.5 Å². The molecule has 0 bridgehead atoms. The van der Waals surface area contributed by atoms with E-state index in [1.165, 1.54) is 12.3 Å². The molecule has 3 aromatic rings. The SMILES string of the molecule is O=C(/C=C/c1cc(O)c2ccoc2c1)OCCc1ccc(O)cc1. The molecule has 24 heavy (non-hydrogen) atoms. The number of ether oxygens (including phenoxy) is 1. The number of phenolic OH excluding ortho intramolecular Hbond substituents is 2. The lowest BCUT2D eigenvalue weighted by molar-refractivity contribution is -0.137. The second-order valence-corrected chi connectivity index (χ2v) is 5.29. The minimum atomic E-state index is -0.465. The predicted molar refractivity (Wildman–Crippen MR) is 89.7 cm³/mol. The number of hydrogen-bond donors (Lipinski definition) is 2. The van der Waals surface area contributed by atoms with Crippen molar-refractivity contribution in [3.63, 3.8) is 0 Å². The zero-order valence-corrected chi connectivity index (χ0v) is 12.8. The molecular weight excluding hydrogens is 308 g/mol. The van der Waals surface area contributed by atoms with E-state index in [4.69, 9.17) is 9.15 Å². The molecule has 0 saturated heterocycles. The third-order valence-corrected chi connectivity index (χ3v) is 3.56. The molecule has 0 aliphatic rings. The average molecular weight is 324 g/mol. The number of furan rings is 1. The lowest BCUT2D eigenvalue weighted by Gasteiger charge is -2.03. The van der Waals surface area contributed by atoms with E-state index in [-0.39, 0.29) is 18.1 Å². The van der Waals surface area contributed by atoms with Crippen molar-refractivity contribution in [3.05, 3.63) is 65.9 Å². The first kappa shape index (κ1) is 15.7. The Hall–Kier alpha value is -3.21.